The molecule has 0 spiro atoms. The van der Waals surface area contributed by atoms with Gasteiger partial charge < -0.3 is 5.32 Å². The van der Waals surface area contributed by atoms with Crippen molar-refractivity contribution in [1.29, 1.82) is 0 Å². The second kappa shape index (κ2) is 5.70. The molecule has 1 amide bonds. The number of rotatable bonds is 5. The van der Waals surface area contributed by atoms with Gasteiger partial charge in [0.15, 0.2) is 9.84 Å². The Morgan fingerprint density at radius 3 is 2.73 bits per heavy atom. The van der Waals surface area contributed by atoms with Crippen LogP contribution < -0.4 is 5.32 Å². The van der Waals surface area contributed by atoms with Gasteiger partial charge in [0.1, 0.15) is 0 Å². The molecule has 0 radical (unpaired) electrons. The highest BCUT2D eigenvalue weighted by atomic mass is 35.5. The fraction of sp³-hybridized carbons (Fsp3) is 0.889. The normalized spacial score (nSPS) is 23.9. The van der Waals surface area contributed by atoms with E-state index in [-0.39, 0.29) is 23.5 Å². The molecule has 1 unspecified atom stereocenters. The summed E-state index contributed by atoms with van der Waals surface area (Å²) in [6.45, 7) is 0.253. The maximum atomic E-state index is 11.4. The van der Waals surface area contributed by atoms with Crippen molar-refractivity contribution in [3.8, 4) is 0 Å². The van der Waals surface area contributed by atoms with Gasteiger partial charge in [-0.15, -0.1) is 11.6 Å². The van der Waals surface area contributed by atoms with Crippen LogP contribution in [0.4, 0.5) is 0 Å². The van der Waals surface area contributed by atoms with Gasteiger partial charge >= 0.3 is 0 Å². The van der Waals surface area contributed by atoms with Crippen LogP contribution in [-0.4, -0.2) is 37.8 Å². The largest absolute Gasteiger partial charge is 0.355 e. The summed E-state index contributed by atoms with van der Waals surface area (Å²) < 4.78 is 22.8. The Morgan fingerprint density at radius 1 is 1.47 bits per heavy atom. The van der Waals surface area contributed by atoms with Gasteiger partial charge in [0, 0.05) is 18.8 Å². The van der Waals surface area contributed by atoms with Crippen LogP contribution in [0, 0.1) is 0 Å². The molecule has 0 aromatic carbocycles. The number of hydrogen-bond acceptors (Lipinski definition) is 3. The van der Waals surface area contributed by atoms with Crippen molar-refractivity contribution in [3.05, 3.63) is 0 Å². The molecule has 0 aromatic rings. The van der Waals surface area contributed by atoms with Crippen LogP contribution in [0.3, 0.4) is 0 Å². The number of alkyl halides is 1. The van der Waals surface area contributed by atoms with E-state index >= 15 is 0 Å². The first-order chi connectivity index (χ1) is 7.06. The maximum Gasteiger partial charge on any atom is 0.220 e. The van der Waals surface area contributed by atoms with E-state index in [1.807, 2.05) is 0 Å². The third-order valence-electron chi connectivity index (χ3n) is 2.53. The fourth-order valence-electron chi connectivity index (χ4n) is 1.63. The average Bonchev–Trinajstić information content (AvgIpc) is 2.51. The highest BCUT2D eigenvalue weighted by Crippen LogP contribution is 2.18. The van der Waals surface area contributed by atoms with Crippen LogP contribution in [0.15, 0.2) is 0 Å². The first-order valence-corrected chi connectivity index (χ1v) is 7.35. The first kappa shape index (κ1) is 12.8. The van der Waals surface area contributed by atoms with E-state index in [1.165, 1.54) is 0 Å². The molecule has 1 N–H and O–H groups in total. The smallest absolute Gasteiger partial charge is 0.220 e. The quantitative estimate of drug-likeness (QED) is 0.734. The Kier molecular flexibility index (Phi) is 4.86. The van der Waals surface area contributed by atoms with Gasteiger partial charge in [0.2, 0.25) is 5.91 Å². The average molecular weight is 254 g/mol. The second-order valence-electron chi connectivity index (χ2n) is 3.73. The molecule has 1 fully saturated rings. The molecule has 6 heteroatoms. The molecule has 1 saturated heterocycles. The van der Waals surface area contributed by atoms with E-state index in [1.54, 1.807) is 0 Å². The van der Waals surface area contributed by atoms with Gasteiger partial charge in [-0.05, 0) is 19.3 Å². The Hall–Kier alpha value is -0.290. The fourth-order valence-corrected chi connectivity index (χ4v) is 3.53. The number of amides is 1. The molecule has 0 aliphatic carbocycles. The molecule has 0 bridgehead atoms. The lowest BCUT2D eigenvalue weighted by Gasteiger charge is -2.10. The maximum absolute atomic E-state index is 11.4. The van der Waals surface area contributed by atoms with Crippen molar-refractivity contribution in [3.63, 3.8) is 0 Å². The lowest BCUT2D eigenvalue weighted by molar-refractivity contribution is -0.121. The van der Waals surface area contributed by atoms with Gasteiger partial charge in [-0.3, -0.25) is 4.79 Å². The van der Waals surface area contributed by atoms with E-state index in [9.17, 15) is 13.2 Å². The molecule has 4 nitrogen and oxygen atoms in total. The molecular weight excluding hydrogens is 238 g/mol. The zero-order valence-corrected chi connectivity index (χ0v) is 10.1. The lowest BCUT2D eigenvalue weighted by Crippen LogP contribution is -2.34. The summed E-state index contributed by atoms with van der Waals surface area (Å²) in [6, 6.07) is 0. The van der Waals surface area contributed by atoms with Crippen molar-refractivity contribution < 1.29 is 13.2 Å². The second-order valence-corrected chi connectivity index (χ2v) is 6.51. The van der Waals surface area contributed by atoms with Crippen molar-refractivity contribution in [2.24, 2.45) is 0 Å². The van der Waals surface area contributed by atoms with Crippen LogP contribution in [0.2, 0.25) is 0 Å². The van der Waals surface area contributed by atoms with Crippen LogP contribution in [0.1, 0.15) is 25.7 Å². The zero-order chi connectivity index (χ0) is 11.3. The number of sulfone groups is 1. The first-order valence-electron chi connectivity index (χ1n) is 5.10. The van der Waals surface area contributed by atoms with Crippen LogP contribution in [0.25, 0.3) is 0 Å². The summed E-state index contributed by atoms with van der Waals surface area (Å²) in [7, 11) is -2.94. The van der Waals surface area contributed by atoms with Crippen molar-refractivity contribution >= 4 is 27.3 Å². The third kappa shape index (κ3) is 3.99. The third-order valence-corrected chi connectivity index (χ3v) is 5.07. The molecule has 0 saturated carbocycles. The Bertz CT molecular complexity index is 315. The zero-order valence-electron chi connectivity index (χ0n) is 8.54. The lowest BCUT2D eigenvalue weighted by atomic mass is 10.2. The molecule has 1 atom stereocenters. The van der Waals surface area contributed by atoms with Crippen LogP contribution >= 0.6 is 11.6 Å². The summed E-state index contributed by atoms with van der Waals surface area (Å²) in [5.41, 5.74) is 0. The number of halogens is 1. The van der Waals surface area contributed by atoms with E-state index in [0.29, 0.717) is 31.6 Å². The van der Waals surface area contributed by atoms with Gasteiger partial charge in [0.05, 0.1) is 11.0 Å². The van der Waals surface area contributed by atoms with E-state index < -0.39 is 9.84 Å². The van der Waals surface area contributed by atoms with Gasteiger partial charge in [-0.25, -0.2) is 8.42 Å². The summed E-state index contributed by atoms with van der Waals surface area (Å²) in [5.74, 6) is 0.599. The molecule has 88 valence electrons. The number of nitrogens with one attached hydrogen (secondary N) is 1. The predicted octanol–water partition coefficient (Wildman–Crippen LogP) is 0.699. The van der Waals surface area contributed by atoms with Crippen molar-refractivity contribution in [2.75, 3.05) is 18.2 Å². The molecule has 15 heavy (non-hydrogen) atoms. The summed E-state index contributed by atoms with van der Waals surface area (Å²) in [4.78, 5) is 11.2. The van der Waals surface area contributed by atoms with Crippen molar-refractivity contribution in [1.82, 2.24) is 5.32 Å². The highest BCUT2D eigenvalue weighted by molar-refractivity contribution is 7.92. The van der Waals surface area contributed by atoms with Crippen LogP contribution in [-0.2, 0) is 14.6 Å². The minimum absolute atomic E-state index is 0.113. The number of carbonyl (C=O) groups is 1. The minimum atomic E-state index is -2.94. The van der Waals surface area contributed by atoms with Crippen molar-refractivity contribution in [2.45, 2.75) is 30.9 Å². The highest BCUT2D eigenvalue weighted by Gasteiger charge is 2.31. The SMILES string of the molecule is O=C(CCCCl)NCC1CCCS1(=O)=O. The van der Waals surface area contributed by atoms with E-state index in [2.05, 4.69) is 5.32 Å². The summed E-state index contributed by atoms with van der Waals surface area (Å²) in [6.07, 6.45) is 2.38. The molecule has 1 aliphatic heterocycles. The van der Waals surface area contributed by atoms with Crippen LogP contribution in [0.5, 0.6) is 0 Å². The molecule has 1 heterocycles. The summed E-state index contributed by atoms with van der Waals surface area (Å²) in [5, 5.41) is 2.26. The van der Waals surface area contributed by atoms with Gasteiger partial charge in [-0.2, -0.15) is 0 Å². The Balaban J connectivity index is 2.28. The topological polar surface area (TPSA) is 63.2 Å². The molecule has 0 aromatic heterocycles. The number of carbonyl (C=O) groups excluding carboxylic acids is 1. The minimum Gasteiger partial charge on any atom is -0.355 e. The standard InChI is InChI=1S/C9H16ClNO3S/c10-5-1-4-9(12)11-7-8-3-2-6-15(8,13)14/h8H,1-7H2,(H,11,12). The van der Waals surface area contributed by atoms with Gasteiger partial charge in [-0.1, -0.05) is 0 Å². The van der Waals surface area contributed by atoms with E-state index in [4.69, 9.17) is 11.6 Å². The van der Waals surface area contributed by atoms with E-state index in [0.717, 1.165) is 0 Å². The Labute approximate surface area is 95.3 Å². The summed E-state index contributed by atoms with van der Waals surface area (Å²) >= 11 is 5.44. The molecule has 1 rings (SSSR count). The number of hydrogen-bond donors (Lipinski definition) is 1. The monoisotopic (exact) mass is 253 g/mol. The molecular formula is C9H16ClNO3S. The predicted molar refractivity (Wildman–Crippen MR) is 59.8 cm³/mol. The molecule has 1 aliphatic rings. The van der Waals surface area contributed by atoms with Gasteiger partial charge in [0.25, 0.3) is 0 Å². The Morgan fingerprint density at radius 2 is 2.20 bits per heavy atom.